The molecule has 8 nitrogen and oxygen atoms in total. The number of carbonyl (C=O) groups is 2. The largest absolute Gasteiger partial charge is 0.467 e. The van der Waals surface area contributed by atoms with E-state index in [2.05, 4.69) is 5.32 Å². The maximum absolute atomic E-state index is 12.5. The molecular formula is C20H33N3O5. The molecule has 1 N–H and O–H groups in total. The summed E-state index contributed by atoms with van der Waals surface area (Å²) in [5, 5.41) is 2.93. The molecule has 1 aliphatic heterocycles. The Morgan fingerprint density at radius 1 is 1.21 bits per heavy atom. The van der Waals surface area contributed by atoms with Crippen LogP contribution in [0.25, 0.3) is 0 Å². The van der Waals surface area contributed by atoms with Crippen LogP contribution < -0.4 is 5.32 Å². The molecule has 0 unspecified atom stereocenters. The summed E-state index contributed by atoms with van der Waals surface area (Å²) in [6.45, 7) is 11.9. The molecule has 0 aromatic carbocycles. The fourth-order valence-corrected chi connectivity index (χ4v) is 3.05. The number of amides is 3. The second-order valence-electron chi connectivity index (χ2n) is 8.07. The molecule has 1 aliphatic rings. The molecule has 0 aliphatic carbocycles. The molecule has 8 heteroatoms. The van der Waals surface area contributed by atoms with Crippen molar-refractivity contribution in [1.29, 1.82) is 0 Å². The molecule has 0 bridgehead atoms. The van der Waals surface area contributed by atoms with Crippen molar-refractivity contribution in [2.45, 2.75) is 65.3 Å². The highest BCUT2D eigenvalue weighted by Crippen LogP contribution is 2.20. The van der Waals surface area contributed by atoms with E-state index in [0.717, 1.165) is 5.76 Å². The summed E-state index contributed by atoms with van der Waals surface area (Å²) >= 11 is 0. The first-order valence-electron chi connectivity index (χ1n) is 9.83. The molecule has 1 aromatic rings. The van der Waals surface area contributed by atoms with E-state index in [9.17, 15) is 9.59 Å². The zero-order valence-electron chi connectivity index (χ0n) is 17.6. The molecular weight excluding hydrogens is 362 g/mol. The van der Waals surface area contributed by atoms with Gasteiger partial charge >= 0.3 is 12.1 Å². The lowest BCUT2D eigenvalue weighted by atomic mass is 10.1. The van der Waals surface area contributed by atoms with Crippen LogP contribution in [0.3, 0.4) is 0 Å². The van der Waals surface area contributed by atoms with E-state index >= 15 is 0 Å². The number of piperazine rings is 1. The van der Waals surface area contributed by atoms with E-state index in [-0.39, 0.29) is 24.2 Å². The lowest BCUT2D eigenvalue weighted by molar-refractivity contribution is -0.00547. The highest BCUT2D eigenvalue weighted by molar-refractivity contribution is 5.75. The molecule has 2 atom stereocenters. The van der Waals surface area contributed by atoms with Crippen LogP contribution >= 0.6 is 0 Å². The number of rotatable bonds is 6. The van der Waals surface area contributed by atoms with Gasteiger partial charge in [-0.05, 0) is 53.2 Å². The van der Waals surface area contributed by atoms with Gasteiger partial charge in [0, 0.05) is 26.2 Å². The van der Waals surface area contributed by atoms with Crippen LogP contribution in [-0.4, -0.2) is 65.9 Å². The van der Waals surface area contributed by atoms with Gasteiger partial charge < -0.3 is 29.0 Å². The summed E-state index contributed by atoms with van der Waals surface area (Å²) < 4.78 is 16.2. The van der Waals surface area contributed by atoms with Crippen LogP contribution in [0.15, 0.2) is 22.8 Å². The summed E-state index contributed by atoms with van der Waals surface area (Å²) in [7, 11) is 0. The number of carbonyl (C=O) groups excluding carboxylic acids is 2. The third kappa shape index (κ3) is 6.44. The fourth-order valence-electron chi connectivity index (χ4n) is 3.05. The first-order valence-corrected chi connectivity index (χ1v) is 9.83. The van der Waals surface area contributed by atoms with Crippen molar-refractivity contribution in [2.24, 2.45) is 0 Å². The van der Waals surface area contributed by atoms with E-state index in [4.69, 9.17) is 13.9 Å². The lowest BCUT2D eigenvalue weighted by Crippen LogP contribution is -2.62. The molecule has 2 rings (SSSR count). The molecule has 1 saturated heterocycles. The van der Waals surface area contributed by atoms with Gasteiger partial charge in [-0.3, -0.25) is 0 Å². The summed E-state index contributed by atoms with van der Waals surface area (Å²) in [5.41, 5.74) is -0.534. The van der Waals surface area contributed by atoms with Crippen molar-refractivity contribution < 1.29 is 23.5 Å². The lowest BCUT2D eigenvalue weighted by Gasteiger charge is -2.44. The standard InChI is InChI=1S/C20H33N3O5/c1-15-16(2)23(19(25)28-20(3,4)5)11-10-22(15)18(24)21-9-7-12-26-14-17-8-6-13-27-17/h6,8,13,15-16H,7,9-12,14H2,1-5H3,(H,21,24)/t15-,16-/m1/s1. The van der Waals surface area contributed by atoms with Crippen LogP contribution in [0.4, 0.5) is 9.59 Å². The van der Waals surface area contributed by atoms with Gasteiger partial charge in [0.1, 0.15) is 18.0 Å². The minimum atomic E-state index is -0.534. The highest BCUT2D eigenvalue weighted by atomic mass is 16.6. The van der Waals surface area contributed by atoms with Gasteiger partial charge in [-0.1, -0.05) is 0 Å². The van der Waals surface area contributed by atoms with Crippen LogP contribution in [-0.2, 0) is 16.1 Å². The Balaban J connectivity index is 1.70. The van der Waals surface area contributed by atoms with Gasteiger partial charge in [0.2, 0.25) is 0 Å². The van der Waals surface area contributed by atoms with Gasteiger partial charge in [-0.15, -0.1) is 0 Å². The third-order valence-corrected chi connectivity index (χ3v) is 4.72. The highest BCUT2D eigenvalue weighted by Gasteiger charge is 2.37. The second kappa shape index (κ2) is 9.82. The number of nitrogens with zero attached hydrogens (tertiary/aromatic N) is 2. The van der Waals surface area contributed by atoms with E-state index < -0.39 is 5.60 Å². The van der Waals surface area contributed by atoms with E-state index in [0.29, 0.717) is 39.3 Å². The maximum Gasteiger partial charge on any atom is 0.410 e. The summed E-state index contributed by atoms with van der Waals surface area (Å²) in [4.78, 5) is 28.3. The van der Waals surface area contributed by atoms with E-state index in [1.165, 1.54) is 0 Å². The molecule has 0 radical (unpaired) electrons. The Bertz CT molecular complexity index is 626. The Morgan fingerprint density at radius 3 is 2.54 bits per heavy atom. The summed E-state index contributed by atoms with van der Waals surface area (Å²) in [6.07, 6.45) is 2.00. The van der Waals surface area contributed by atoms with E-state index in [1.54, 1.807) is 16.1 Å². The molecule has 158 valence electrons. The monoisotopic (exact) mass is 395 g/mol. The van der Waals surface area contributed by atoms with Crippen molar-refractivity contribution in [2.75, 3.05) is 26.2 Å². The van der Waals surface area contributed by atoms with Gasteiger partial charge in [0.05, 0.1) is 18.3 Å². The molecule has 1 aromatic heterocycles. The van der Waals surface area contributed by atoms with Crippen molar-refractivity contribution >= 4 is 12.1 Å². The number of hydrogen-bond acceptors (Lipinski definition) is 5. The predicted molar refractivity (Wildman–Crippen MR) is 105 cm³/mol. The van der Waals surface area contributed by atoms with Crippen molar-refractivity contribution in [3.05, 3.63) is 24.2 Å². The fraction of sp³-hybridized carbons (Fsp3) is 0.700. The molecule has 1 fully saturated rings. The number of nitrogens with one attached hydrogen (secondary N) is 1. The van der Waals surface area contributed by atoms with Crippen molar-refractivity contribution in [3.63, 3.8) is 0 Å². The Labute approximate surface area is 167 Å². The zero-order chi connectivity index (χ0) is 20.7. The summed E-state index contributed by atoms with van der Waals surface area (Å²) in [6, 6.07) is 3.35. The van der Waals surface area contributed by atoms with Crippen molar-refractivity contribution in [1.82, 2.24) is 15.1 Å². The van der Waals surface area contributed by atoms with Gasteiger partial charge in [0.15, 0.2) is 0 Å². The van der Waals surface area contributed by atoms with Crippen LogP contribution in [0.2, 0.25) is 0 Å². The molecule has 3 amide bonds. The third-order valence-electron chi connectivity index (χ3n) is 4.72. The topological polar surface area (TPSA) is 84.2 Å². The van der Waals surface area contributed by atoms with Crippen LogP contribution in [0.1, 0.15) is 46.8 Å². The molecule has 0 spiro atoms. The minimum Gasteiger partial charge on any atom is -0.467 e. The average molecular weight is 396 g/mol. The number of ether oxygens (including phenoxy) is 2. The zero-order valence-corrected chi connectivity index (χ0v) is 17.6. The van der Waals surface area contributed by atoms with Crippen molar-refractivity contribution in [3.8, 4) is 0 Å². The van der Waals surface area contributed by atoms with Crippen LogP contribution in [0, 0.1) is 0 Å². The Morgan fingerprint density at radius 2 is 1.89 bits per heavy atom. The summed E-state index contributed by atoms with van der Waals surface area (Å²) in [5.74, 6) is 0.787. The number of hydrogen-bond donors (Lipinski definition) is 1. The predicted octanol–water partition coefficient (Wildman–Crippen LogP) is 3.23. The minimum absolute atomic E-state index is 0.100. The van der Waals surface area contributed by atoms with Gasteiger partial charge in [-0.25, -0.2) is 9.59 Å². The smallest absolute Gasteiger partial charge is 0.410 e. The second-order valence-corrected chi connectivity index (χ2v) is 8.07. The normalized spacial score (nSPS) is 20.2. The Kier molecular flexibility index (Phi) is 7.74. The Hall–Kier alpha value is -2.22. The number of furan rings is 1. The van der Waals surface area contributed by atoms with E-state index in [1.807, 2.05) is 46.8 Å². The van der Waals surface area contributed by atoms with Gasteiger partial charge in [0.25, 0.3) is 0 Å². The maximum atomic E-state index is 12.5. The quantitative estimate of drug-likeness (QED) is 0.748. The molecule has 0 saturated carbocycles. The molecule has 28 heavy (non-hydrogen) atoms. The first-order chi connectivity index (χ1) is 13.2. The first kappa shape index (κ1) is 22.1. The number of urea groups is 1. The van der Waals surface area contributed by atoms with Crippen LogP contribution in [0.5, 0.6) is 0 Å². The molecule has 2 heterocycles. The van der Waals surface area contributed by atoms with Gasteiger partial charge in [-0.2, -0.15) is 0 Å². The average Bonchev–Trinajstić information content (AvgIpc) is 3.11. The SMILES string of the molecule is C[C@@H]1[C@@H](C)N(C(=O)OC(C)(C)C)CCN1C(=O)NCCCOCc1ccco1.